The fourth-order valence-electron chi connectivity index (χ4n) is 6.48. The molecule has 0 unspecified atom stereocenters. The number of nitrogens with one attached hydrogen (secondary N) is 2. The molecule has 1 saturated carbocycles. The maximum Gasteiger partial charge on any atom is 0.338 e. The highest BCUT2D eigenvalue weighted by atomic mass is 16.5. The van der Waals surface area contributed by atoms with Crippen LogP contribution in [0.1, 0.15) is 61.0 Å². The summed E-state index contributed by atoms with van der Waals surface area (Å²) < 4.78 is 10.6. The van der Waals surface area contributed by atoms with E-state index in [1.165, 1.54) is 30.5 Å². The van der Waals surface area contributed by atoms with Crippen LogP contribution in [0, 0.1) is 11.8 Å². The van der Waals surface area contributed by atoms with Crippen LogP contribution in [0.3, 0.4) is 0 Å². The molecule has 198 valence electrons. The summed E-state index contributed by atoms with van der Waals surface area (Å²) in [5.41, 5.74) is 3.95. The molecule has 1 saturated heterocycles. The van der Waals surface area contributed by atoms with Crippen molar-refractivity contribution in [2.45, 2.75) is 57.4 Å². The number of piperidine rings is 1. The fourth-order valence-corrected chi connectivity index (χ4v) is 6.48. The van der Waals surface area contributed by atoms with Crippen molar-refractivity contribution < 1.29 is 19.1 Å². The smallest absolute Gasteiger partial charge is 0.338 e. The van der Waals surface area contributed by atoms with Gasteiger partial charge in [0.05, 0.1) is 19.3 Å². The topological polar surface area (TPSA) is 79.9 Å². The zero-order valence-electron chi connectivity index (χ0n) is 22.2. The molecule has 7 nitrogen and oxygen atoms in total. The summed E-state index contributed by atoms with van der Waals surface area (Å²) in [6.45, 7) is 7.45. The highest BCUT2D eigenvalue weighted by Gasteiger charge is 2.51. The molecule has 0 spiro atoms. The number of amides is 2. The second-order valence-electron chi connectivity index (χ2n) is 10.9. The van der Waals surface area contributed by atoms with Gasteiger partial charge in [0.15, 0.2) is 0 Å². The van der Waals surface area contributed by atoms with Crippen molar-refractivity contribution in [2.24, 2.45) is 11.8 Å². The van der Waals surface area contributed by atoms with Crippen LogP contribution in [0.2, 0.25) is 0 Å². The lowest BCUT2D eigenvalue weighted by Gasteiger charge is -2.56. The first-order valence-corrected chi connectivity index (χ1v) is 13.7. The lowest BCUT2D eigenvalue weighted by molar-refractivity contribution is 0.0162. The molecule has 2 fully saturated rings. The first-order chi connectivity index (χ1) is 17.9. The Hall–Kier alpha value is -3.06. The largest absolute Gasteiger partial charge is 0.497 e. The average Bonchev–Trinajstić information content (AvgIpc) is 3.72. The van der Waals surface area contributed by atoms with Gasteiger partial charge in [0.2, 0.25) is 0 Å². The molecular weight excluding hydrogens is 466 g/mol. The van der Waals surface area contributed by atoms with E-state index in [4.69, 9.17) is 9.47 Å². The number of hydrogen-bond donors (Lipinski definition) is 2. The van der Waals surface area contributed by atoms with E-state index in [2.05, 4.69) is 40.7 Å². The zero-order chi connectivity index (χ0) is 26.0. The number of ether oxygens (including phenoxy) is 2. The molecule has 0 radical (unpaired) electrons. The minimum absolute atomic E-state index is 0.0153. The van der Waals surface area contributed by atoms with Gasteiger partial charge >= 0.3 is 12.0 Å². The highest BCUT2D eigenvalue weighted by Crippen LogP contribution is 2.52. The number of rotatable bonds is 9. The van der Waals surface area contributed by atoms with Crippen molar-refractivity contribution in [3.63, 3.8) is 0 Å². The van der Waals surface area contributed by atoms with Crippen molar-refractivity contribution in [2.75, 3.05) is 38.7 Å². The van der Waals surface area contributed by atoms with Gasteiger partial charge < -0.3 is 20.1 Å². The number of carbonyl (C=O) groups excluding carboxylic acids is 2. The first kappa shape index (κ1) is 25.6. The molecule has 7 heteroatoms. The van der Waals surface area contributed by atoms with Crippen LogP contribution in [-0.2, 0) is 16.6 Å². The molecule has 2 bridgehead atoms. The summed E-state index contributed by atoms with van der Waals surface area (Å²) >= 11 is 0. The number of methoxy groups -OCH3 is 1. The molecule has 1 heterocycles. The summed E-state index contributed by atoms with van der Waals surface area (Å²) in [5.74, 6) is 1.92. The minimum Gasteiger partial charge on any atom is -0.497 e. The third kappa shape index (κ3) is 5.33. The molecular formula is C30H39N3O4. The van der Waals surface area contributed by atoms with Gasteiger partial charge in [-0.2, -0.15) is 0 Å². The van der Waals surface area contributed by atoms with Gasteiger partial charge in [-0.3, -0.25) is 4.90 Å². The van der Waals surface area contributed by atoms with E-state index >= 15 is 0 Å². The van der Waals surface area contributed by atoms with E-state index < -0.39 is 0 Å². The van der Waals surface area contributed by atoms with Gasteiger partial charge in [-0.25, -0.2) is 9.59 Å². The van der Waals surface area contributed by atoms with E-state index in [0.29, 0.717) is 36.4 Å². The standard InChI is InChI=1S/C30H39N3O4/c1-4-37-28(34)22-7-10-24(11-8-22)32-29(35)31-15-13-30-14-16-33(19-21-5-6-21)27(20(30)2)17-23-9-12-25(36-3)18-26(23)30/h7-12,18,20-21,27H,4-6,13-17,19H2,1-3H3,(H2,31,32,35)/t20-,27+,30-/m0/s1. The Kier molecular flexibility index (Phi) is 7.43. The number of carbonyl (C=O) groups is 2. The van der Waals surface area contributed by atoms with E-state index in [-0.39, 0.29) is 17.4 Å². The number of urea groups is 1. The Morgan fingerprint density at radius 1 is 1.14 bits per heavy atom. The predicted octanol–water partition coefficient (Wildman–Crippen LogP) is 5.00. The summed E-state index contributed by atoms with van der Waals surface area (Å²) in [5, 5.41) is 5.97. The van der Waals surface area contributed by atoms with Gasteiger partial charge in [0.25, 0.3) is 0 Å². The van der Waals surface area contributed by atoms with Crippen molar-refractivity contribution in [1.29, 1.82) is 0 Å². The number of likely N-dealkylation sites (tertiary alicyclic amines) is 1. The van der Waals surface area contributed by atoms with Crippen molar-refractivity contribution in [1.82, 2.24) is 10.2 Å². The molecule has 2 aliphatic carbocycles. The lowest BCUT2D eigenvalue weighted by atomic mass is 9.56. The maximum absolute atomic E-state index is 12.7. The summed E-state index contributed by atoms with van der Waals surface area (Å²) in [6, 6.07) is 13.6. The van der Waals surface area contributed by atoms with E-state index in [1.54, 1.807) is 38.3 Å². The third-order valence-corrected chi connectivity index (χ3v) is 8.75. The molecule has 2 aromatic rings. The Labute approximate surface area is 219 Å². The van der Waals surface area contributed by atoms with Crippen molar-refractivity contribution in [3.8, 4) is 5.75 Å². The first-order valence-electron chi connectivity index (χ1n) is 13.7. The monoisotopic (exact) mass is 505 g/mol. The number of fused-ring (bicyclic) bond motifs is 4. The Morgan fingerprint density at radius 2 is 1.92 bits per heavy atom. The van der Waals surface area contributed by atoms with Crippen molar-refractivity contribution in [3.05, 3.63) is 59.2 Å². The highest BCUT2D eigenvalue weighted by molar-refractivity contribution is 5.92. The molecule has 37 heavy (non-hydrogen) atoms. The summed E-state index contributed by atoms with van der Waals surface area (Å²) in [6.07, 6.45) is 5.82. The lowest BCUT2D eigenvalue weighted by Crippen LogP contribution is -2.60. The van der Waals surface area contributed by atoms with Gasteiger partial charge in [0, 0.05) is 30.2 Å². The van der Waals surface area contributed by atoms with Crippen LogP contribution in [0.15, 0.2) is 42.5 Å². The SMILES string of the molecule is CCOC(=O)c1ccc(NC(=O)NCC[C@@]23CCN(CC4CC4)[C@H](Cc4ccc(OC)cc42)[C@@H]3C)cc1. The molecule has 2 aromatic carbocycles. The molecule has 0 aromatic heterocycles. The van der Waals surface area contributed by atoms with Crippen LogP contribution < -0.4 is 15.4 Å². The molecule has 3 aliphatic rings. The Morgan fingerprint density at radius 3 is 2.62 bits per heavy atom. The number of anilines is 1. The second-order valence-corrected chi connectivity index (χ2v) is 10.9. The summed E-state index contributed by atoms with van der Waals surface area (Å²) in [7, 11) is 1.73. The number of nitrogens with zero attached hydrogens (tertiary/aromatic N) is 1. The van der Waals surface area contributed by atoms with Crippen LogP contribution >= 0.6 is 0 Å². The average molecular weight is 506 g/mol. The van der Waals surface area contributed by atoms with E-state index in [9.17, 15) is 9.59 Å². The van der Waals surface area contributed by atoms with Gasteiger partial charge in [0.1, 0.15) is 5.75 Å². The van der Waals surface area contributed by atoms with Crippen LogP contribution in [-0.4, -0.2) is 56.3 Å². The van der Waals surface area contributed by atoms with Gasteiger partial charge in [-0.1, -0.05) is 13.0 Å². The third-order valence-electron chi connectivity index (χ3n) is 8.75. The normalized spacial score (nSPS) is 24.6. The van der Waals surface area contributed by atoms with Crippen LogP contribution in [0.5, 0.6) is 5.75 Å². The summed E-state index contributed by atoms with van der Waals surface area (Å²) in [4.78, 5) is 27.3. The fraction of sp³-hybridized carbons (Fsp3) is 0.533. The van der Waals surface area contributed by atoms with Crippen LogP contribution in [0.25, 0.3) is 0 Å². The van der Waals surface area contributed by atoms with E-state index in [0.717, 1.165) is 37.5 Å². The van der Waals surface area contributed by atoms with Gasteiger partial charge in [-0.15, -0.1) is 0 Å². The number of benzene rings is 2. The molecule has 2 amide bonds. The Bertz CT molecular complexity index is 1130. The number of esters is 1. The minimum atomic E-state index is -0.363. The zero-order valence-corrected chi connectivity index (χ0v) is 22.2. The molecule has 1 aliphatic heterocycles. The van der Waals surface area contributed by atoms with Crippen molar-refractivity contribution >= 4 is 17.7 Å². The molecule has 2 N–H and O–H groups in total. The quantitative estimate of drug-likeness (QED) is 0.469. The molecule has 5 rings (SSSR count). The Balaban J connectivity index is 1.26. The van der Waals surface area contributed by atoms with E-state index in [1.807, 2.05) is 0 Å². The van der Waals surface area contributed by atoms with Gasteiger partial charge in [-0.05, 0) is 105 Å². The molecule has 3 atom stereocenters. The predicted molar refractivity (Wildman–Crippen MR) is 144 cm³/mol. The number of hydrogen-bond acceptors (Lipinski definition) is 5. The van der Waals surface area contributed by atoms with Crippen LogP contribution in [0.4, 0.5) is 10.5 Å². The second kappa shape index (κ2) is 10.7. The maximum atomic E-state index is 12.7.